The lowest BCUT2D eigenvalue weighted by atomic mass is 9.86. The van der Waals surface area contributed by atoms with Crippen molar-refractivity contribution in [1.82, 2.24) is 0 Å². The van der Waals surface area contributed by atoms with Gasteiger partial charge in [-0.1, -0.05) is 71.7 Å². The minimum absolute atomic E-state index is 0.128. The molecule has 1 aliphatic heterocycles. The molecule has 18 nitrogen and oxygen atoms in total. The van der Waals surface area contributed by atoms with Crippen molar-refractivity contribution < 1.29 is 68.6 Å². The number of anilines is 1. The highest BCUT2D eigenvalue weighted by Crippen LogP contribution is 2.55. The molecule has 0 saturated carbocycles. The summed E-state index contributed by atoms with van der Waals surface area (Å²) in [5.41, 5.74) is -1.42. The molecule has 1 heterocycles. The molecule has 52 heavy (non-hydrogen) atoms. The van der Waals surface area contributed by atoms with E-state index in [1.54, 1.807) is 0 Å². The van der Waals surface area contributed by atoms with E-state index in [1.807, 2.05) is 0 Å². The molecule has 2 aliphatic rings. The van der Waals surface area contributed by atoms with Crippen LogP contribution < -0.4 is 22.0 Å². The van der Waals surface area contributed by atoms with Gasteiger partial charge in [0.25, 0.3) is 0 Å². The number of rotatable bonds is 8. The largest absolute Gasteiger partial charge is 0.446 e. The maximum Gasteiger partial charge on any atom is 0.446 e. The third kappa shape index (κ3) is 6.53. The quantitative estimate of drug-likeness (QED) is 0.101. The van der Waals surface area contributed by atoms with Crippen LogP contribution in [0.15, 0.2) is 64.6 Å². The highest BCUT2D eigenvalue weighted by Gasteiger charge is 2.40. The van der Waals surface area contributed by atoms with Crippen LogP contribution >= 0.6 is 23.2 Å². The van der Waals surface area contributed by atoms with Crippen molar-refractivity contribution in [3.05, 3.63) is 75.8 Å². The predicted octanol–water partition coefficient (Wildman–Crippen LogP) is 5.03. The van der Waals surface area contributed by atoms with Gasteiger partial charge in [0.1, 0.15) is 11.7 Å². The van der Waals surface area contributed by atoms with Crippen LogP contribution in [0.3, 0.4) is 0 Å². The van der Waals surface area contributed by atoms with Gasteiger partial charge in [0.05, 0.1) is 27.4 Å². The normalized spacial score (nSPS) is 15.9. The number of nitrogens with one attached hydrogen (secondary N) is 1. The highest BCUT2D eigenvalue weighted by atomic mass is 35.5. The van der Waals surface area contributed by atoms with E-state index in [1.165, 1.54) is 48.5 Å². The zero-order valence-electron chi connectivity index (χ0n) is 24.9. The molecule has 272 valence electrons. The topological polar surface area (TPSA) is 279 Å². The number of halogens is 2. The minimum Gasteiger partial charge on any atom is -0.370 e. The van der Waals surface area contributed by atoms with Crippen LogP contribution in [0, 0.1) is 0 Å². The Morgan fingerprint density at radius 2 is 1.06 bits per heavy atom. The Balaban J connectivity index is 1.65. The van der Waals surface area contributed by atoms with E-state index in [-0.39, 0.29) is 70.6 Å². The Morgan fingerprint density at radius 3 is 1.60 bits per heavy atom. The van der Waals surface area contributed by atoms with Crippen molar-refractivity contribution in [3.63, 3.8) is 0 Å². The molecule has 7 rings (SSSR count). The number of fused-ring (bicyclic) bond motifs is 8. The third-order valence-electron chi connectivity index (χ3n) is 7.66. The average molecular weight is 836 g/mol. The fraction of sp³-hybridized carbons (Fsp3) is 0.0357. The number of hydrogen-bond donors (Lipinski definition) is 5. The van der Waals surface area contributed by atoms with E-state index < -0.39 is 70.6 Å². The van der Waals surface area contributed by atoms with Crippen molar-refractivity contribution in [1.29, 1.82) is 0 Å². The Labute approximate surface area is 302 Å². The number of benzene rings is 5. The first-order chi connectivity index (χ1) is 24.1. The molecule has 1 unspecified atom stereocenters. The van der Waals surface area contributed by atoms with Crippen molar-refractivity contribution in [2.45, 2.75) is 6.04 Å². The molecule has 0 saturated heterocycles. The summed E-state index contributed by atoms with van der Waals surface area (Å²) >= 11 is 13.4. The standard InChI is InChI=1S/C28H16Cl2N2O16S4/c29-17-9-15-19(27(47-51(39,40)41)13-7-3-1-5-11(13)25(15)45-49(33,34)35)23-21(17)32-24-20-16(10-18(30)22(24)31-23)26(46-50(36,37)38)12-6-2-4-8-14(12)28(20)48-52(42,43)44/h1-10,21,32H,(H,33,34,35)(H,36,37,38)(H,39,40,41)(H,42,43,44). The molecule has 0 amide bonds. The summed E-state index contributed by atoms with van der Waals surface area (Å²) in [4.78, 5) is 4.56. The smallest absolute Gasteiger partial charge is 0.370 e. The SMILES string of the molecule is O=S(=O)(O)Oc1c2c(c(OS(=O)(=O)O)c3ccccc13)C1=Nc3c(Cl)cc4c(OS(=O)(=O)O)c5ccccc5c(OS(=O)(=O)O)c4c3NC1C(Cl)=C2. The second-order valence-corrected chi connectivity index (χ2v) is 15.8. The number of nitrogens with zero attached hydrogens (tertiary/aromatic N) is 1. The van der Waals surface area contributed by atoms with Crippen molar-refractivity contribution >= 4 is 120 Å². The van der Waals surface area contributed by atoms with Gasteiger partial charge in [-0.3, -0.25) is 18.2 Å². The van der Waals surface area contributed by atoms with Crippen LogP contribution in [0.1, 0.15) is 11.1 Å². The lowest BCUT2D eigenvalue weighted by Crippen LogP contribution is -2.36. The molecular weight excluding hydrogens is 819 g/mol. The molecule has 0 aromatic heterocycles. The molecule has 0 bridgehead atoms. The Bertz CT molecular complexity index is 2970. The van der Waals surface area contributed by atoms with Crippen LogP contribution in [0.25, 0.3) is 38.4 Å². The van der Waals surface area contributed by atoms with E-state index in [0.717, 1.165) is 12.1 Å². The first kappa shape index (κ1) is 35.9. The monoisotopic (exact) mass is 834 g/mol. The lowest BCUT2D eigenvalue weighted by molar-refractivity contribution is 0.382. The molecule has 24 heteroatoms. The lowest BCUT2D eigenvalue weighted by Gasteiger charge is -2.33. The summed E-state index contributed by atoms with van der Waals surface area (Å²) in [7, 11) is -21.1. The Kier molecular flexibility index (Phi) is 8.30. The number of hydrogen-bond acceptors (Lipinski definition) is 14. The van der Waals surface area contributed by atoms with Gasteiger partial charge in [-0.2, -0.15) is 33.7 Å². The highest BCUT2D eigenvalue weighted by molar-refractivity contribution is 7.82. The fourth-order valence-electron chi connectivity index (χ4n) is 6.04. The van der Waals surface area contributed by atoms with Gasteiger partial charge in [0.2, 0.25) is 0 Å². The van der Waals surface area contributed by atoms with Gasteiger partial charge < -0.3 is 22.0 Å². The minimum atomic E-state index is -5.31. The zero-order valence-corrected chi connectivity index (χ0v) is 29.7. The maximum absolute atomic E-state index is 12.1. The first-order valence-electron chi connectivity index (χ1n) is 13.8. The van der Waals surface area contributed by atoms with Crippen molar-refractivity contribution in [3.8, 4) is 23.0 Å². The number of aliphatic imine (C=N–C) groups is 1. The van der Waals surface area contributed by atoms with Crippen LogP contribution in [0.4, 0.5) is 11.4 Å². The van der Waals surface area contributed by atoms with Crippen molar-refractivity contribution in [2.75, 3.05) is 5.32 Å². The zero-order chi connectivity index (χ0) is 37.7. The van der Waals surface area contributed by atoms with E-state index in [2.05, 4.69) is 10.3 Å². The van der Waals surface area contributed by atoms with Crippen LogP contribution in [-0.4, -0.2) is 63.6 Å². The van der Waals surface area contributed by atoms with Crippen molar-refractivity contribution in [2.24, 2.45) is 4.99 Å². The van der Waals surface area contributed by atoms with Crippen LogP contribution in [-0.2, 0) is 41.6 Å². The molecule has 5 aromatic rings. The molecule has 0 spiro atoms. The molecule has 5 N–H and O–H groups in total. The molecule has 0 fully saturated rings. The average Bonchev–Trinajstić information content (AvgIpc) is 3.01. The van der Waals surface area contributed by atoms with Crippen LogP contribution in [0.2, 0.25) is 5.02 Å². The van der Waals surface area contributed by atoms with Gasteiger partial charge in [0, 0.05) is 37.5 Å². The summed E-state index contributed by atoms with van der Waals surface area (Å²) in [6.07, 6.45) is 1.09. The van der Waals surface area contributed by atoms with Gasteiger partial charge in [-0.05, 0) is 12.1 Å². The first-order valence-corrected chi connectivity index (χ1v) is 20.0. The Hall–Kier alpha value is -4.49. The third-order valence-corrected chi connectivity index (χ3v) is 9.79. The molecule has 1 atom stereocenters. The fourth-order valence-corrected chi connectivity index (χ4v) is 8.10. The molecular formula is C28H16Cl2N2O16S4. The summed E-state index contributed by atoms with van der Waals surface area (Å²) < 4.78 is 155. The van der Waals surface area contributed by atoms with Gasteiger partial charge in [0.15, 0.2) is 23.0 Å². The summed E-state index contributed by atoms with van der Waals surface area (Å²) in [6.45, 7) is 0. The maximum atomic E-state index is 12.1. The Morgan fingerprint density at radius 1 is 0.615 bits per heavy atom. The van der Waals surface area contributed by atoms with E-state index in [9.17, 15) is 51.9 Å². The second-order valence-electron chi connectivity index (χ2n) is 10.8. The van der Waals surface area contributed by atoms with Crippen LogP contribution in [0.5, 0.6) is 23.0 Å². The van der Waals surface area contributed by atoms with Gasteiger partial charge in [-0.25, -0.2) is 4.99 Å². The second kappa shape index (κ2) is 12.0. The van der Waals surface area contributed by atoms with E-state index in [0.29, 0.717) is 0 Å². The summed E-state index contributed by atoms with van der Waals surface area (Å²) in [5, 5.41) is 1.17. The van der Waals surface area contributed by atoms with Gasteiger partial charge >= 0.3 is 41.6 Å². The molecule has 1 aliphatic carbocycles. The summed E-state index contributed by atoms with van der Waals surface area (Å²) in [6, 6.07) is 10.4. The molecule has 0 radical (unpaired) electrons. The molecule has 5 aromatic carbocycles. The van der Waals surface area contributed by atoms with E-state index >= 15 is 0 Å². The predicted molar refractivity (Wildman–Crippen MR) is 187 cm³/mol. The van der Waals surface area contributed by atoms with Gasteiger partial charge in [-0.15, -0.1) is 0 Å². The van der Waals surface area contributed by atoms with E-state index in [4.69, 9.17) is 39.9 Å². The summed E-state index contributed by atoms with van der Waals surface area (Å²) in [5.74, 6) is -2.33.